The smallest absolute Gasteiger partial charge is 0.303 e. The fourth-order valence-corrected chi connectivity index (χ4v) is 7.85. The van der Waals surface area contributed by atoms with Gasteiger partial charge in [0.2, 0.25) is 11.8 Å². The van der Waals surface area contributed by atoms with Crippen molar-refractivity contribution in [1.29, 1.82) is 0 Å². The molecule has 2 amide bonds. The Bertz CT molecular complexity index is 1530. The Morgan fingerprint density at radius 3 is 2.25 bits per heavy atom. The Hall–Kier alpha value is -3.73. The van der Waals surface area contributed by atoms with Crippen molar-refractivity contribution in [2.45, 2.75) is 97.2 Å². The molecule has 4 aliphatic rings. The number of rotatable bonds is 13. The van der Waals surface area contributed by atoms with Gasteiger partial charge in [0.25, 0.3) is 0 Å². The van der Waals surface area contributed by atoms with Gasteiger partial charge in [-0.15, -0.1) is 0 Å². The Balaban J connectivity index is 1.42. The highest BCUT2D eigenvalue weighted by molar-refractivity contribution is 7.91. The summed E-state index contributed by atoms with van der Waals surface area (Å²) in [4.78, 5) is 53.1. The SMILES string of the molecule is C=C1C(CCC(=O)O)=C(Cc2[nH]c(C[C@H]3NC(=O)C(CC)=C3C)c(C)c2CCC(=O)O)NC1C[C@@H]1NC(=O)C(C)/C1=C1\C[SH+]1. The maximum atomic E-state index is 12.6. The van der Waals surface area contributed by atoms with Crippen molar-refractivity contribution >= 4 is 35.5 Å². The van der Waals surface area contributed by atoms with Crippen molar-refractivity contribution in [2.24, 2.45) is 5.92 Å². The van der Waals surface area contributed by atoms with E-state index in [-0.39, 0.29) is 48.7 Å². The van der Waals surface area contributed by atoms with Gasteiger partial charge < -0.3 is 31.1 Å². The van der Waals surface area contributed by atoms with Gasteiger partial charge in [-0.1, -0.05) is 13.5 Å². The van der Waals surface area contributed by atoms with E-state index in [9.17, 15) is 29.4 Å². The lowest BCUT2D eigenvalue weighted by molar-refractivity contribution is -0.138. The molecule has 4 atom stereocenters. The monoisotopic (exact) mass is 623 g/mol. The van der Waals surface area contributed by atoms with E-state index in [4.69, 9.17) is 0 Å². The third-order valence-electron chi connectivity index (χ3n) is 9.64. The minimum atomic E-state index is -0.890. The zero-order valence-electron chi connectivity index (χ0n) is 25.9. The summed E-state index contributed by atoms with van der Waals surface area (Å²) < 4.78 is 0. The zero-order valence-corrected chi connectivity index (χ0v) is 26.7. The molecule has 0 bridgehead atoms. The quantitative estimate of drug-likeness (QED) is 0.112. The normalized spacial score (nSPS) is 26.4. The summed E-state index contributed by atoms with van der Waals surface area (Å²) >= 11 is 1.28. The number of thiol groups is 1. The van der Waals surface area contributed by atoms with Crippen molar-refractivity contribution < 1.29 is 29.4 Å². The first-order valence-corrected chi connectivity index (χ1v) is 16.5. The molecule has 2 unspecified atom stereocenters. The van der Waals surface area contributed by atoms with Crippen molar-refractivity contribution in [3.63, 3.8) is 0 Å². The predicted molar refractivity (Wildman–Crippen MR) is 170 cm³/mol. The third-order valence-corrected chi connectivity index (χ3v) is 10.5. The van der Waals surface area contributed by atoms with E-state index >= 15 is 0 Å². The Labute approximate surface area is 261 Å². The van der Waals surface area contributed by atoms with E-state index < -0.39 is 11.9 Å². The summed E-state index contributed by atoms with van der Waals surface area (Å²) in [5.74, 6) is -0.911. The molecule has 0 saturated carbocycles. The first kappa shape index (κ1) is 31.7. The number of carbonyl (C=O) groups is 4. The van der Waals surface area contributed by atoms with Gasteiger partial charge in [-0.25, -0.2) is 0 Å². The fraction of sp³-hybridized carbons (Fsp3) is 0.515. The van der Waals surface area contributed by atoms with Gasteiger partial charge in [-0.05, 0) is 74.3 Å². The number of allylic oxidation sites excluding steroid dienone is 1. The van der Waals surface area contributed by atoms with E-state index in [1.807, 2.05) is 27.7 Å². The summed E-state index contributed by atoms with van der Waals surface area (Å²) in [6.07, 6.45) is 2.91. The number of carboxylic acids is 2. The van der Waals surface area contributed by atoms with Crippen LogP contribution in [0.2, 0.25) is 0 Å². The van der Waals surface area contributed by atoms with E-state index in [2.05, 4.69) is 27.5 Å². The highest BCUT2D eigenvalue weighted by Gasteiger charge is 2.45. The molecule has 5 rings (SSSR count). The number of aliphatic carboxylic acids is 2. The molecule has 236 valence electrons. The van der Waals surface area contributed by atoms with Gasteiger partial charge in [-0.2, -0.15) is 0 Å². The molecule has 0 radical (unpaired) electrons. The second-order valence-corrected chi connectivity index (χ2v) is 13.5. The van der Waals surface area contributed by atoms with Crippen LogP contribution in [0.1, 0.15) is 75.4 Å². The number of aromatic nitrogens is 1. The second-order valence-electron chi connectivity index (χ2n) is 12.3. The number of H-pyrrole nitrogens is 1. The van der Waals surface area contributed by atoms with Crippen LogP contribution in [0.4, 0.5) is 0 Å². The molecule has 44 heavy (non-hydrogen) atoms. The van der Waals surface area contributed by atoms with Crippen LogP contribution < -0.4 is 16.0 Å². The van der Waals surface area contributed by atoms with E-state index in [0.717, 1.165) is 56.3 Å². The predicted octanol–water partition coefficient (Wildman–Crippen LogP) is 2.90. The average molecular weight is 624 g/mol. The van der Waals surface area contributed by atoms with Gasteiger partial charge in [0.15, 0.2) is 10.7 Å². The second kappa shape index (κ2) is 12.7. The van der Waals surface area contributed by atoms with Crippen molar-refractivity contribution in [2.75, 3.05) is 5.75 Å². The number of nitrogens with one attached hydrogen (secondary N) is 4. The topological polar surface area (TPSA) is 161 Å². The number of amides is 2. The van der Waals surface area contributed by atoms with Crippen molar-refractivity contribution in [3.8, 4) is 0 Å². The highest BCUT2D eigenvalue weighted by Crippen LogP contribution is 2.38. The molecule has 4 aliphatic heterocycles. The van der Waals surface area contributed by atoms with E-state index in [1.54, 1.807) is 0 Å². The number of hydrogen-bond acceptors (Lipinski definition) is 5. The maximum absolute atomic E-state index is 12.6. The molecule has 2 saturated heterocycles. The van der Waals surface area contributed by atoms with Gasteiger partial charge in [-0.3, -0.25) is 19.2 Å². The zero-order chi connectivity index (χ0) is 31.9. The molecular formula is C33H43N4O6S+. The van der Waals surface area contributed by atoms with Crippen LogP contribution in [-0.2, 0) is 50.2 Å². The maximum Gasteiger partial charge on any atom is 0.303 e. The summed E-state index contributed by atoms with van der Waals surface area (Å²) in [5.41, 5.74) is 9.36. The van der Waals surface area contributed by atoms with Crippen LogP contribution in [0.15, 0.2) is 45.0 Å². The first-order chi connectivity index (χ1) is 20.9. The van der Waals surface area contributed by atoms with Crippen LogP contribution in [0, 0.1) is 12.8 Å². The summed E-state index contributed by atoms with van der Waals surface area (Å²) in [5, 5.41) is 28.8. The molecule has 10 nitrogen and oxygen atoms in total. The largest absolute Gasteiger partial charge is 0.481 e. The molecule has 1 aromatic heterocycles. The molecule has 1 aromatic rings. The van der Waals surface area contributed by atoms with Crippen molar-refractivity contribution in [3.05, 3.63) is 67.6 Å². The molecule has 0 aliphatic carbocycles. The van der Waals surface area contributed by atoms with Crippen molar-refractivity contribution in [1.82, 2.24) is 20.9 Å². The molecule has 6 N–H and O–H groups in total. The minimum Gasteiger partial charge on any atom is -0.481 e. The highest BCUT2D eigenvalue weighted by atomic mass is 32.2. The summed E-state index contributed by atoms with van der Waals surface area (Å²) in [6.45, 7) is 12.3. The molecule has 2 fully saturated rings. The van der Waals surface area contributed by atoms with Crippen LogP contribution in [-0.4, -0.2) is 62.8 Å². The van der Waals surface area contributed by atoms with E-state index in [1.165, 1.54) is 22.2 Å². The number of carboxylic acid groups (broad SMARTS) is 2. The van der Waals surface area contributed by atoms with Crippen LogP contribution >= 0.6 is 0 Å². The number of hydrogen-bond donors (Lipinski definition) is 6. The van der Waals surface area contributed by atoms with Gasteiger partial charge in [0.1, 0.15) is 0 Å². The van der Waals surface area contributed by atoms with Gasteiger partial charge in [0, 0.05) is 65.7 Å². The number of carbonyl (C=O) groups excluding carboxylic acids is 2. The Morgan fingerprint density at radius 2 is 1.64 bits per heavy atom. The van der Waals surface area contributed by atoms with Gasteiger partial charge >= 0.3 is 11.9 Å². The molecule has 0 aromatic carbocycles. The Kier molecular flexibility index (Phi) is 9.15. The molecule has 5 heterocycles. The minimum absolute atomic E-state index is 0.0196. The van der Waals surface area contributed by atoms with E-state index in [0.29, 0.717) is 38.5 Å². The fourth-order valence-electron chi connectivity index (χ4n) is 7.06. The Morgan fingerprint density at radius 1 is 0.955 bits per heavy atom. The lowest BCUT2D eigenvalue weighted by atomic mass is 9.90. The average Bonchev–Trinajstić information content (AvgIpc) is 3.53. The lowest BCUT2D eigenvalue weighted by Gasteiger charge is -2.20. The van der Waals surface area contributed by atoms with Crippen LogP contribution in [0.3, 0.4) is 0 Å². The molecular weight excluding hydrogens is 580 g/mol. The molecule has 0 spiro atoms. The number of aromatic amines is 1. The van der Waals surface area contributed by atoms with Crippen LogP contribution in [0.5, 0.6) is 0 Å². The first-order valence-electron chi connectivity index (χ1n) is 15.4. The third kappa shape index (κ3) is 6.38. The van der Waals surface area contributed by atoms with Crippen LogP contribution in [0.25, 0.3) is 0 Å². The summed E-state index contributed by atoms with van der Waals surface area (Å²) in [7, 11) is 0. The lowest BCUT2D eigenvalue weighted by Crippen LogP contribution is -2.35. The molecule has 11 heteroatoms. The van der Waals surface area contributed by atoms with Gasteiger partial charge in [0.05, 0.1) is 24.0 Å². The standard InChI is InChI=1S/C33H42N4O6S/c1-6-19-15(2)24(36-33(19)43)11-22-16(3)20(7-9-29(38)39)25(34-22)13-26-21(8-10-30(40)41)17(4)23(35-26)12-27-31(28-14-44-28)18(5)32(42)37-27/h18,23-24,27,34-35H,4,6-14H2,1-3,5H3,(H,36,43)(H,37,42)(H,38,39)(H,40,41)/p+1/b31-28-/t18?,23?,24-,27+/m1/s1. The summed E-state index contributed by atoms with van der Waals surface area (Å²) in [6, 6.07) is -0.386.